The maximum atomic E-state index is 14.0. The molecule has 2 amide bonds. The van der Waals surface area contributed by atoms with Crippen LogP contribution in [-0.2, 0) is 12.4 Å². The molecule has 0 unspecified atom stereocenters. The molecule has 0 saturated heterocycles. The largest absolute Gasteiger partial charge is 0.417 e. The van der Waals surface area contributed by atoms with Crippen LogP contribution in [0.2, 0.25) is 0 Å². The number of hydrogen-bond acceptors (Lipinski definition) is 2. The Bertz CT molecular complexity index is 1350. The van der Waals surface area contributed by atoms with Gasteiger partial charge in [0.05, 0.1) is 11.1 Å². The molecule has 0 atom stereocenters. The average Bonchev–Trinajstić information content (AvgIpc) is 2.88. The molecule has 0 radical (unpaired) electrons. The topological polar surface area (TPSA) is 58.2 Å². The Hall–Kier alpha value is -4.60. The van der Waals surface area contributed by atoms with Gasteiger partial charge in [0.15, 0.2) is 0 Å². The molecule has 4 rings (SSSR count). The second-order valence-electron chi connectivity index (χ2n) is 8.16. The van der Waals surface area contributed by atoms with E-state index in [1.54, 1.807) is 36.4 Å². The van der Waals surface area contributed by atoms with Gasteiger partial charge in [0.1, 0.15) is 0 Å². The number of halogens is 6. The van der Waals surface area contributed by atoms with Crippen molar-refractivity contribution in [3.05, 3.63) is 119 Å². The van der Waals surface area contributed by atoms with E-state index in [0.29, 0.717) is 12.1 Å². The maximum Gasteiger partial charge on any atom is 0.417 e. The van der Waals surface area contributed by atoms with E-state index in [9.17, 15) is 35.9 Å². The Morgan fingerprint density at radius 2 is 0.842 bits per heavy atom. The van der Waals surface area contributed by atoms with Gasteiger partial charge < -0.3 is 10.6 Å². The molecule has 0 bridgehead atoms. The molecule has 0 heterocycles. The number of amides is 2. The first kappa shape index (κ1) is 26.5. The van der Waals surface area contributed by atoms with Crippen molar-refractivity contribution in [1.29, 1.82) is 0 Å². The van der Waals surface area contributed by atoms with Crippen molar-refractivity contribution in [2.45, 2.75) is 12.4 Å². The number of anilines is 2. The summed E-state index contributed by atoms with van der Waals surface area (Å²) in [6.45, 7) is 0. The van der Waals surface area contributed by atoms with Crippen molar-refractivity contribution in [2.75, 3.05) is 10.6 Å². The molecular formula is C28H18F6N2O2. The third-order valence-electron chi connectivity index (χ3n) is 5.53. The Morgan fingerprint density at radius 3 is 1.16 bits per heavy atom. The van der Waals surface area contributed by atoms with Gasteiger partial charge in [-0.3, -0.25) is 9.59 Å². The molecule has 0 fully saturated rings. The van der Waals surface area contributed by atoms with Crippen molar-refractivity contribution in [3.8, 4) is 11.1 Å². The summed E-state index contributed by atoms with van der Waals surface area (Å²) < 4.78 is 83.9. The fraction of sp³-hybridized carbons (Fsp3) is 0.0714. The summed E-state index contributed by atoms with van der Waals surface area (Å²) in [5.74, 6) is -1.36. The lowest BCUT2D eigenvalue weighted by Gasteiger charge is -2.20. The Balaban J connectivity index is 1.73. The van der Waals surface area contributed by atoms with Crippen LogP contribution in [0.4, 0.5) is 37.7 Å². The molecule has 0 spiro atoms. The molecule has 0 saturated carbocycles. The van der Waals surface area contributed by atoms with Crippen LogP contribution in [0, 0.1) is 0 Å². The summed E-state index contributed by atoms with van der Waals surface area (Å²) in [6, 6.07) is 20.5. The molecule has 0 aliphatic heterocycles. The second-order valence-corrected chi connectivity index (χ2v) is 8.16. The van der Waals surface area contributed by atoms with Gasteiger partial charge in [-0.15, -0.1) is 0 Å². The lowest BCUT2D eigenvalue weighted by Crippen LogP contribution is -2.16. The zero-order chi connectivity index (χ0) is 27.5. The SMILES string of the molecule is O=C(Nc1ccc(-c2ccc(NC(=O)c3ccccc3)cc2C(F)(F)F)c(C(F)(F)F)c1)c1ccccc1. The second kappa shape index (κ2) is 10.4. The highest BCUT2D eigenvalue weighted by atomic mass is 19.4. The van der Waals surface area contributed by atoms with Gasteiger partial charge in [-0.2, -0.15) is 26.3 Å². The Kier molecular flexibility index (Phi) is 7.25. The van der Waals surface area contributed by atoms with Crippen LogP contribution >= 0.6 is 0 Å². The van der Waals surface area contributed by atoms with E-state index in [1.165, 1.54) is 24.3 Å². The smallest absolute Gasteiger partial charge is 0.322 e. The first-order valence-corrected chi connectivity index (χ1v) is 11.1. The molecule has 4 aromatic rings. The predicted molar refractivity (Wildman–Crippen MR) is 131 cm³/mol. The van der Waals surface area contributed by atoms with Crippen molar-refractivity contribution in [2.24, 2.45) is 0 Å². The lowest BCUT2D eigenvalue weighted by atomic mass is 9.93. The summed E-state index contributed by atoms with van der Waals surface area (Å²) in [6.07, 6.45) is -10.1. The molecular weight excluding hydrogens is 510 g/mol. The summed E-state index contributed by atoms with van der Waals surface area (Å²) in [5.41, 5.74) is -4.29. The highest BCUT2D eigenvalue weighted by Crippen LogP contribution is 2.44. The minimum atomic E-state index is -5.04. The number of hydrogen-bond donors (Lipinski definition) is 2. The zero-order valence-corrected chi connectivity index (χ0v) is 19.3. The predicted octanol–water partition coefficient (Wildman–Crippen LogP) is 7.90. The summed E-state index contributed by atoms with van der Waals surface area (Å²) in [5, 5.41) is 4.66. The van der Waals surface area contributed by atoms with Crippen molar-refractivity contribution >= 4 is 23.2 Å². The van der Waals surface area contributed by atoms with Gasteiger partial charge in [0.25, 0.3) is 11.8 Å². The van der Waals surface area contributed by atoms with Crippen molar-refractivity contribution in [3.63, 3.8) is 0 Å². The van der Waals surface area contributed by atoms with E-state index in [2.05, 4.69) is 10.6 Å². The fourth-order valence-corrected chi connectivity index (χ4v) is 3.77. The van der Waals surface area contributed by atoms with Crippen LogP contribution in [0.3, 0.4) is 0 Å². The van der Waals surface area contributed by atoms with Crippen LogP contribution in [0.25, 0.3) is 11.1 Å². The van der Waals surface area contributed by atoms with Gasteiger partial charge in [-0.05, 0) is 59.7 Å². The minimum Gasteiger partial charge on any atom is -0.322 e. The van der Waals surface area contributed by atoms with Gasteiger partial charge in [0.2, 0.25) is 0 Å². The molecule has 38 heavy (non-hydrogen) atoms. The molecule has 194 valence electrons. The summed E-state index contributed by atoms with van der Waals surface area (Å²) >= 11 is 0. The van der Waals surface area contributed by atoms with Gasteiger partial charge in [-0.25, -0.2) is 0 Å². The number of carbonyl (C=O) groups excluding carboxylic acids is 2. The van der Waals surface area contributed by atoms with E-state index in [0.717, 1.165) is 24.3 Å². The standard InChI is InChI=1S/C28H18F6N2O2/c29-27(30,31)23-15-19(35-25(37)17-7-3-1-4-8-17)11-13-21(23)22-14-12-20(16-24(22)28(32,33)34)36-26(38)18-9-5-2-6-10-18/h1-16H,(H,35,37)(H,36,38). The number of carbonyl (C=O) groups is 2. The fourth-order valence-electron chi connectivity index (χ4n) is 3.77. The van der Waals surface area contributed by atoms with Crippen LogP contribution in [0.5, 0.6) is 0 Å². The molecule has 4 aromatic carbocycles. The van der Waals surface area contributed by atoms with E-state index >= 15 is 0 Å². The minimum absolute atomic E-state index is 0.192. The molecule has 0 aromatic heterocycles. The molecule has 2 N–H and O–H groups in total. The normalized spacial score (nSPS) is 11.6. The quantitative estimate of drug-likeness (QED) is 0.259. The third kappa shape index (κ3) is 6.03. The molecule has 0 aliphatic rings. The van der Waals surface area contributed by atoms with E-state index in [1.807, 2.05) is 0 Å². The summed E-state index contributed by atoms with van der Waals surface area (Å²) in [7, 11) is 0. The van der Waals surface area contributed by atoms with Gasteiger partial charge >= 0.3 is 12.4 Å². The monoisotopic (exact) mass is 528 g/mol. The first-order valence-electron chi connectivity index (χ1n) is 11.1. The zero-order valence-electron chi connectivity index (χ0n) is 19.3. The van der Waals surface area contributed by atoms with E-state index in [-0.39, 0.29) is 22.5 Å². The first-order chi connectivity index (χ1) is 17.9. The summed E-state index contributed by atoms with van der Waals surface area (Å²) in [4.78, 5) is 24.7. The van der Waals surface area contributed by atoms with Crippen molar-refractivity contribution < 1.29 is 35.9 Å². The van der Waals surface area contributed by atoms with E-state index in [4.69, 9.17) is 0 Å². The Labute approximate surface area is 212 Å². The lowest BCUT2D eigenvalue weighted by molar-refractivity contribution is -0.139. The van der Waals surface area contributed by atoms with Gasteiger partial charge in [-0.1, -0.05) is 48.5 Å². The molecule has 4 nitrogen and oxygen atoms in total. The van der Waals surface area contributed by atoms with Crippen molar-refractivity contribution in [1.82, 2.24) is 0 Å². The van der Waals surface area contributed by atoms with E-state index < -0.39 is 46.4 Å². The Morgan fingerprint density at radius 1 is 0.500 bits per heavy atom. The van der Waals surface area contributed by atoms with Gasteiger partial charge in [0, 0.05) is 22.5 Å². The maximum absolute atomic E-state index is 14.0. The molecule has 10 heteroatoms. The number of benzene rings is 4. The van der Waals surface area contributed by atoms with Crippen LogP contribution in [-0.4, -0.2) is 11.8 Å². The number of nitrogens with one attached hydrogen (secondary N) is 2. The highest BCUT2D eigenvalue weighted by molar-refractivity contribution is 6.05. The third-order valence-corrected chi connectivity index (χ3v) is 5.53. The average molecular weight is 528 g/mol. The van der Waals surface area contributed by atoms with Crippen LogP contribution in [0.15, 0.2) is 97.1 Å². The highest BCUT2D eigenvalue weighted by Gasteiger charge is 2.39. The number of rotatable bonds is 5. The number of alkyl halides is 6. The molecule has 0 aliphatic carbocycles. The van der Waals surface area contributed by atoms with Crippen LogP contribution in [0.1, 0.15) is 31.8 Å². The van der Waals surface area contributed by atoms with Crippen LogP contribution < -0.4 is 10.6 Å².